The summed E-state index contributed by atoms with van der Waals surface area (Å²) >= 11 is 1.44. The third-order valence-corrected chi connectivity index (χ3v) is 5.53. The number of hydrogen-bond acceptors (Lipinski definition) is 8. The van der Waals surface area contributed by atoms with Gasteiger partial charge in [0.2, 0.25) is 11.0 Å². The van der Waals surface area contributed by atoms with Crippen molar-refractivity contribution in [3.63, 3.8) is 0 Å². The Bertz CT molecular complexity index is 927. The van der Waals surface area contributed by atoms with Crippen LogP contribution in [0.1, 0.15) is 30.5 Å². The monoisotopic (exact) mass is 372 g/mol. The highest BCUT2D eigenvalue weighted by Crippen LogP contribution is 2.25. The van der Waals surface area contributed by atoms with Gasteiger partial charge in [-0.05, 0) is 26.2 Å². The van der Waals surface area contributed by atoms with E-state index in [0.717, 1.165) is 48.9 Å². The molecule has 1 amide bonds. The molecule has 26 heavy (non-hydrogen) atoms. The van der Waals surface area contributed by atoms with E-state index in [1.165, 1.54) is 17.7 Å². The molecule has 4 heterocycles. The summed E-state index contributed by atoms with van der Waals surface area (Å²) in [7, 11) is 0. The van der Waals surface area contributed by atoms with Gasteiger partial charge in [0.1, 0.15) is 17.2 Å². The number of nitrogens with zero attached hydrogens (tertiary/aromatic N) is 7. The van der Waals surface area contributed by atoms with Gasteiger partial charge in [-0.25, -0.2) is 4.98 Å². The number of carbonyl (C=O) groups excluding carboxylic acids is 1. The van der Waals surface area contributed by atoms with Crippen LogP contribution in [0, 0.1) is 12.8 Å². The topological polar surface area (TPSA) is 101 Å². The van der Waals surface area contributed by atoms with E-state index in [-0.39, 0.29) is 11.8 Å². The third-order valence-electron chi connectivity index (χ3n) is 4.55. The lowest BCUT2D eigenvalue weighted by molar-refractivity contribution is -0.120. The molecule has 136 valence electrons. The summed E-state index contributed by atoms with van der Waals surface area (Å²) in [6.07, 6.45) is 3.90. The van der Waals surface area contributed by atoms with Crippen LogP contribution in [0.5, 0.6) is 0 Å². The first-order chi connectivity index (χ1) is 12.6. The van der Waals surface area contributed by atoms with Crippen LogP contribution in [-0.2, 0) is 11.2 Å². The molecule has 9 nitrogen and oxygen atoms in total. The number of aryl methyl sites for hydroxylation is 2. The number of aromatic nitrogens is 6. The van der Waals surface area contributed by atoms with Crippen LogP contribution in [0.25, 0.3) is 5.78 Å². The van der Waals surface area contributed by atoms with Crippen LogP contribution in [-0.4, -0.2) is 48.8 Å². The molecule has 1 aliphatic rings. The molecule has 0 spiro atoms. The SMILES string of the molecule is CCc1nnc(NC(=O)C2CCN(c3cc(C)nc4ncnn34)CC2)s1. The molecule has 3 aromatic rings. The van der Waals surface area contributed by atoms with Crippen molar-refractivity contribution in [1.29, 1.82) is 0 Å². The molecule has 3 aromatic heterocycles. The fraction of sp³-hybridized carbons (Fsp3) is 0.500. The fourth-order valence-corrected chi connectivity index (χ4v) is 3.84. The number of nitrogens with one attached hydrogen (secondary N) is 1. The van der Waals surface area contributed by atoms with E-state index < -0.39 is 0 Å². The van der Waals surface area contributed by atoms with Crippen LogP contribution >= 0.6 is 11.3 Å². The fourth-order valence-electron chi connectivity index (χ4n) is 3.16. The summed E-state index contributed by atoms with van der Waals surface area (Å²) in [4.78, 5) is 23.3. The van der Waals surface area contributed by atoms with Crippen molar-refractivity contribution in [2.45, 2.75) is 33.1 Å². The zero-order chi connectivity index (χ0) is 18.1. The second kappa shape index (κ2) is 6.94. The molecule has 1 aliphatic heterocycles. The van der Waals surface area contributed by atoms with Crippen molar-refractivity contribution >= 4 is 34.0 Å². The van der Waals surface area contributed by atoms with Gasteiger partial charge >= 0.3 is 0 Å². The minimum atomic E-state index is -0.0191. The van der Waals surface area contributed by atoms with Gasteiger partial charge in [-0.2, -0.15) is 14.6 Å². The first kappa shape index (κ1) is 16.8. The molecular formula is C16H20N8OS. The number of amides is 1. The lowest BCUT2D eigenvalue weighted by Crippen LogP contribution is -2.39. The molecular weight excluding hydrogens is 352 g/mol. The third kappa shape index (κ3) is 3.24. The largest absolute Gasteiger partial charge is 0.356 e. The Labute approximate surface area is 154 Å². The molecule has 10 heteroatoms. The Morgan fingerprint density at radius 3 is 2.88 bits per heavy atom. The normalized spacial score (nSPS) is 15.5. The Balaban J connectivity index is 1.42. The van der Waals surface area contributed by atoms with E-state index in [2.05, 4.69) is 35.5 Å². The Hall–Kier alpha value is -2.62. The van der Waals surface area contributed by atoms with Gasteiger partial charge in [0, 0.05) is 30.8 Å². The van der Waals surface area contributed by atoms with Gasteiger partial charge in [0.05, 0.1) is 0 Å². The molecule has 0 bridgehead atoms. The van der Waals surface area contributed by atoms with E-state index in [1.54, 1.807) is 4.52 Å². The maximum absolute atomic E-state index is 12.5. The quantitative estimate of drug-likeness (QED) is 0.744. The van der Waals surface area contributed by atoms with Crippen LogP contribution in [0.15, 0.2) is 12.4 Å². The van der Waals surface area contributed by atoms with E-state index in [1.807, 2.05) is 19.9 Å². The Morgan fingerprint density at radius 1 is 1.35 bits per heavy atom. The second-order valence-corrected chi connectivity index (χ2v) is 7.39. The van der Waals surface area contributed by atoms with E-state index in [4.69, 9.17) is 0 Å². The van der Waals surface area contributed by atoms with E-state index in [9.17, 15) is 4.79 Å². The number of piperidine rings is 1. The maximum atomic E-state index is 12.5. The van der Waals surface area contributed by atoms with Crippen LogP contribution < -0.4 is 10.2 Å². The lowest BCUT2D eigenvalue weighted by Gasteiger charge is -2.32. The summed E-state index contributed by atoms with van der Waals surface area (Å²) in [5, 5.41) is 16.7. The smallest absolute Gasteiger partial charge is 0.254 e. The van der Waals surface area contributed by atoms with Crippen molar-refractivity contribution in [2.75, 3.05) is 23.3 Å². The maximum Gasteiger partial charge on any atom is 0.254 e. The van der Waals surface area contributed by atoms with E-state index >= 15 is 0 Å². The van der Waals surface area contributed by atoms with Crippen molar-refractivity contribution < 1.29 is 4.79 Å². The van der Waals surface area contributed by atoms with Crippen molar-refractivity contribution in [2.24, 2.45) is 5.92 Å². The molecule has 1 N–H and O–H groups in total. The van der Waals surface area contributed by atoms with Gasteiger partial charge < -0.3 is 10.2 Å². The summed E-state index contributed by atoms with van der Waals surface area (Å²) in [6, 6.07) is 2.01. The molecule has 1 saturated heterocycles. The average molecular weight is 372 g/mol. The van der Waals surface area contributed by atoms with Crippen LogP contribution in [0.3, 0.4) is 0 Å². The Morgan fingerprint density at radius 2 is 2.15 bits per heavy atom. The minimum Gasteiger partial charge on any atom is -0.356 e. The zero-order valence-electron chi connectivity index (χ0n) is 14.7. The first-order valence-corrected chi connectivity index (χ1v) is 9.51. The predicted octanol–water partition coefficient (Wildman–Crippen LogP) is 1.70. The number of fused-ring (bicyclic) bond motifs is 1. The standard InChI is InChI=1S/C16H20N8OS/c1-3-12-21-22-16(26-12)20-14(25)11-4-6-23(7-5-11)13-8-10(2)19-15-17-9-18-24(13)15/h8-9,11H,3-7H2,1-2H3,(H,20,22,25). The van der Waals surface area contributed by atoms with Crippen molar-refractivity contribution in [3.05, 3.63) is 23.1 Å². The van der Waals surface area contributed by atoms with Crippen LogP contribution in [0.4, 0.5) is 10.9 Å². The number of anilines is 2. The van der Waals surface area contributed by atoms with Gasteiger partial charge in [0.15, 0.2) is 0 Å². The van der Waals surface area contributed by atoms with Gasteiger partial charge in [-0.3, -0.25) is 4.79 Å². The molecule has 0 aromatic carbocycles. The predicted molar refractivity (Wildman–Crippen MR) is 98.4 cm³/mol. The molecule has 4 rings (SSSR count). The number of rotatable bonds is 4. The molecule has 0 aliphatic carbocycles. The minimum absolute atomic E-state index is 0.0191. The Kier molecular flexibility index (Phi) is 4.49. The number of hydrogen-bond donors (Lipinski definition) is 1. The van der Waals surface area contributed by atoms with Gasteiger partial charge in [-0.15, -0.1) is 10.2 Å². The lowest BCUT2D eigenvalue weighted by atomic mass is 9.96. The molecule has 1 fully saturated rings. The number of carbonyl (C=O) groups is 1. The average Bonchev–Trinajstić information content (AvgIpc) is 3.30. The second-order valence-electron chi connectivity index (χ2n) is 6.33. The van der Waals surface area contributed by atoms with Crippen molar-refractivity contribution in [3.8, 4) is 0 Å². The van der Waals surface area contributed by atoms with E-state index in [0.29, 0.717) is 10.9 Å². The molecule has 0 atom stereocenters. The highest BCUT2D eigenvalue weighted by molar-refractivity contribution is 7.15. The van der Waals surface area contributed by atoms with Crippen LogP contribution in [0.2, 0.25) is 0 Å². The summed E-state index contributed by atoms with van der Waals surface area (Å²) in [5.41, 5.74) is 0.906. The van der Waals surface area contributed by atoms with Crippen molar-refractivity contribution in [1.82, 2.24) is 29.8 Å². The highest BCUT2D eigenvalue weighted by Gasteiger charge is 2.27. The molecule has 0 saturated carbocycles. The van der Waals surface area contributed by atoms with Gasteiger partial charge in [0.25, 0.3) is 5.78 Å². The summed E-state index contributed by atoms with van der Waals surface area (Å²) in [6.45, 7) is 5.54. The molecule has 0 unspecified atom stereocenters. The highest BCUT2D eigenvalue weighted by atomic mass is 32.1. The molecule has 0 radical (unpaired) electrons. The summed E-state index contributed by atoms with van der Waals surface area (Å²) in [5.74, 6) is 1.58. The van der Waals surface area contributed by atoms with Gasteiger partial charge in [-0.1, -0.05) is 18.3 Å². The summed E-state index contributed by atoms with van der Waals surface area (Å²) < 4.78 is 1.75. The zero-order valence-corrected chi connectivity index (χ0v) is 15.5. The first-order valence-electron chi connectivity index (χ1n) is 8.69.